The smallest absolute Gasteiger partial charge is 0.306 e. The highest BCUT2D eigenvalue weighted by atomic mass is 16.5. The van der Waals surface area contributed by atoms with E-state index in [2.05, 4.69) is 0 Å². The Hall–Kier alpha value is -2.08. The van der Waals surface area contributed by atoms with Crippen molar-refractivity contribution in [3.63, 3.8) is 0 Å². The number of fused-ring (bicyclic) bond motifs is 1. The third-order valence-electron chi connectivity index (χ3n) is 2.77. The summed E-state index contributed by atoms with van der Waals surface area (Å²) in [7, 11) is 1.48. The summed E-state index contributed by atoms with van der Waals surface area (Å²) in [5.41, 5.74) is -1.85. The maximum absolute atomic E-state index is 12.0. The van der Waals surface area contributed by atoms with Gasteiger partial charge in [0.2, 0.25) is 5.78 Å². The van der Waals surface area contributed by atoms with Gasteiger partial charge in [0, 0.05) is 6.07 Å². The lowest BCUT2D eigenvalue weighted by Gasteiger charge is -2.30. The van der Waals surface area contributed by atoms with Gasteiger partial charge in [0.1, 0.15) is 18.1 Å². The molecule has 0 saturated carbocycles. The van der Waals surface area contributed by atoms with Gasteiger partial charge in [0.15, 0.2) is 5.60 Å². The molecule has 1 aromatic rings. The molecule has 2 N–H and O–H groups in total. The van der Waals surface area contributed by atoms with Crippen molar-refractivity contribution in [1.29, 1.82) is 0 Å². The van der Waals surface area contributed by atoms with Crippen LogP contribution < -0.4 is 9.47 Å². The Kier molecular flexibility index (Phi) is 2.96. The Morgan fingerprint density at radius 2 is 2.28 bits per heavy atom. The maximum Gasteiger partial charge on any atom is 0.306 e. The number of methoxy groups -OCH3 is 1. The molecule has 18 heavy (non-hydrogen) atoms. The standard InChI is InChI=1S/C12H12O6/c1-17-7-2-3-8-9(4-7)18-6-12(16,11(8)15)5-10(13)14/h2-4,16H,5-6H2,1H3,(H,13,14). The van der Waals surface area contributed by atoms with Crippen molar-refractivity contribution >= 4 is 11.8 Å². The van der Waals surface area contributed by atoms with E-state index in [4.69, 9.17) is 14.6 Å². The fourth-order valence-corrected chi connectivity index (χ4v) is 1.83. The lowest BCUT2D eigenvalue weighted by atomic mass is 9.88. The molecule has 1 aliphatic rings. The monoisotopic (exact) mass is 252 g/mol. The molecule has 0 amide bonds. The lowest BCUT2D eigenvalue weighted by molar-refractivity contribution is -0.142. The van der Waals surface area contributed by atoms with E-state index in [1.165, 1.54) is 19.2 Å². The Labute approximate surface area is 103 Å². The molecule has 6 heteroatoms. The number of ether oxygens (including phenoxy) is 2. The van der Waals surface area contributed by atoms with Crippen molar-refractivity contribution in [2.24, 2.45) is 0 Å². The number of carboxylic acids is 1. The first kappa shape index (κ1) is 12.4. The number of benzene rings is 1. The Morgan fingerprint density at radius 3 is 2.89 bits per heavy atom. The summed E-state index contributed by atoms with van der Waals surface area (Å²) in [6.07, 6.45) is -0.683. The molecule has 1 atom stereocenters. The van der Waals surface area contributed by atoms with Crippen molar-refractivity contribution < 1.29 is 29.3 Å². The lowest BCUT2D eigenvalue weighted by Crippen LogP contribution is -2.49. The molecule has 1 aromatic carbocycles. The molecule has 2 rings (SSSR count). The molecule has 0 aromatic heterocycles. The first-order valence-corrected chi connectivity index (χ1v) is 5.26. The quantitative estimate of drug-likeness (QED) is 0.812. The first-order chi connectivity index (χ1) is 8.46. The van der Waals surface area contributed by atoms with Crippen LogP contribution in [0.4, 0.5) is 0 Å². The van der Waals surface area contributed by atoms with Crippen LogP contribution in [-0.4, -0.2) is 41.3 Å². The Bertz CT molecular complexity index is 509. The predicted molar refractivity (Wildman–Crippen MR) is 60.0 cm³/mol. The number of carbonyl (C=O) groups is 2. The van der Waals surface area contributed by atoms with Gasteiger partial charge in [0.05, 0.1) is 19.1 Å². The SMILES string of the molecule is COc1ccc2c(c1)OCC(O)(CC(=O)O)C2=O. The highest BCUT2D eigenvalue weighted by Gasteiger charge is 2.44. The van der Waals surface area contributed by atoms with Crippen LogP contribution in [0, 0.1) is 0 Å². The summed E-state index contributed by atoms with van der Waals surface area (Å²) in [6.45, 7) is -0.377. The number of Topliss-reactive ketones (excluding diaryl/α,β-unsaturated/α-hetero) is 1. The van der Waals surface area contributed by atoms with Crippen molar-refractivity contribution in [2.45, 2.75) is 12.0 Å². The molecule has 0 saturated heterocycles. The van der Waals surface area contributed by atoms with E-state index < -0.39 is 23.8 Å². The third kappa shape index (κ3) is 2.02. The predicted octanol–water partition coefficient (Wildman–Crippen LogP) is 0.476. The number of aliphatic hydroxyl groups is 1. The second kappa shape index (κ2) is 4.30. The molecule has 0 radical (unpaired) electrons. The van der Waals surface area contributed by atoms with Gasteiger partial charge in [-0.3, -0.25) is 9.59 Å². The van der Waals surface area contributed by atoms with E-state index >= 15 is 0 Å². The van der Waals surface area contributed by atoms with Crippen LogP contribution in [0.25, 0.3) is 0 Å². The van der Waals surface area contributed by atoms with Gasteiger partial charge >= 0.3 is 5.97 Å². The molecular formula is C12H12O6. The van der Waals surface area contributed by atoms with Gasteiger partial charge in [-0.25, -0.2) is 0 Å². The second-order valence-corrected chi connectivity index (χ2v) is 4.08. The zero-order valence-electron chi connectivity index (χ0n) is 9.67. The normalized spacial score (nSPS) is 22.0. The molecule has 0 fully saturated rings. The average Bonchev–Trinajstić information content (AvgIpc) is 2.33. The number of hydrogen-bond acceptors (Lipinski definition) is 5. The molecular weight excluding hydrogens is 240 g/mol. The summed E-state index contributed by atoms with van der Waals surface area (Å²) in [4.78, 5) is 22.7. The summed E-state index contributed by atoms with van der Waals surface area (Å²) in [5, 5.41) is 18.7. The van der Waals surface area contributed by atoms with Gasteiger partial charge < -0.3 is 19.7 Å². The van der Waals surface area contributed by atoms with Gasteiger partial charge in [0.25, 0.3) is 0 Å². The minimum Gasteiger partial charge on any atom is -0.497 e. The third-order valence-corrected chi connectivity index (χ3v) is 2.77. The highest BCUT2D eigenvalue weighted by Crippen LogP contribution is 2.33. The molecule has 0 spiro atoms. The fraction of sp³-hybridized carbons (Fsp3) is 0.333. The van der Waals surface area contributed by atoms with Gasteiger partial charge in [-0.2, -0.15) is 0 Å². The van der Waals surface area contributed by atoms with Crippen LogP contribution in [0.1, 0.15) is 16.8 Å². The molecule has 1 heterocycles. The zero-order chi connectivity index (χ0) is 13.3. The highest BCUT2D eigenvalue weighted by molar-refractivity contribution is 6.07. The largest absolute Gasteiger partial charge is 0.497 e. The van der Waals surface area contributed by atoms with Crippen molar-refractivity contribution in [1.82, 2.24) is 0 Å². The topological polar surface area (TPSA) is 93.1 Å². The van der Waals surface area contributed by atoms with Gasteiger partial charge in [-0.1, -0.05) is 0 Å². The maximum atomic E-state index is 12.0. The summed E-state index contributed by atoms with van der Waals surface area (Å²) >= 11 is 0. The first-order valence-electron chi connectivity index (χ1n) is 5.26. The average molecular weight is 252 g/mol. The summed E-state index contributed by atoms with van der Waals surface area (Å²) < 4.78 is 10.2. The Balaban J connectivity index is 2.37. The number of carboxylic acid groups (broad SMARTS) is 1. The molecule has 96 valence electrons. The van der Waals surface area contributed by atoms with E-state index in [1.807, 2.05) is 0 Å². The summed E-state index contributed by atoms with van der Waals surface area (Å²) in [5.74, 6) is -1.10. The van der Waals surface area contributed by atoms with E-state index in [1.54, 1.807) is 6.07 Å². The number of aliphatic carboxylic acids is 1. The zero-order valence-corrected chi connectivity index (χ0v) is 9.67. The number of ketones is 1. The van der Waals surface area contributed by atoms with Crippen LogP contribution >= 0.6 is 0 Å². The van der Waals surface area contributed by atoms with E-state index in [0.717, 1.165) is 0 Å². The van der Waals surface area contributed by atoms with Crippen LogP contribution in [-0.2, 0) is 4.79 Å². The van der Waals surface area contributed by atoms with Crippen LogP contribution in [0.5, 0.6) is 11.5 Å². The summed E-state index contributed by atoms with van der Waals surface area (Å²) in [6, 6.07) is 4.52. The molecule has 6 nitrogen and oxygen atoms in total. The van der Waals surface area contributed by atoms with Crippen molar-refractivity contribution in [3.8, 4) is 11.5 Å². The molecule has 0 bridgehead atoms. The van der Waals surface area contributed by atoms with E-state index in [9.17, 15) is 14.7 Å². The number of hydrogen-bond donors (Lipinski definition) is 2. The van der Waals surface area contributed by atoms with E-state index in [0.29, 0.717) is 5.75 Å². The van der Waals surface area contributed by atoms with E-state index in [-0.39, 0.29) is 17.9 Å². The molecule has 1 aliphatic heterocycles. The molecule has 0 aliphatic carbocycles. The number of rotatable bonds is 3. The second-order valence-electron chi connectivity index (χ2n) is 4.08. The van der Waals surface area contributed by atoms with Gasteiger partial charge in [-0.05, 0) is 12.1 Å². The van der Waals surface area contributed by atoms with Crippen LogP contribution in [0.15, 0.2) is 18.2 Å². The van der Waals surface area contributed by atoms with Gasteiger partial charge in [-0.15, -0.1) is 0 Å². The van der Waals surface area contributed by atoms with Crippen LogP contribution in [0.2, 0.25) is 0 Å². The molecule has 1 unspecified atom stereocenters. The number of carbonyl (C=O) groups excluding carboxylic acids is 1. The minimum absolute atomic E-state index is 0.158. The van der Waals surface area contributed by atoms with Crippen molar-refractivity contribution in [2.75, 3.05) is 13.7 Å². The fourth-order valence-electron chi connectivity index (χ4n) is 1.83. The van der Waals surface area contributed by atoms with Crippen LogP contribution in [0.3, 0.4) is 0 Å². The van der Waals surface area contributed by atoms with Crippen molar-refractivity contribution in [3.05, 3.63) is 23.8 Å². The Morgan fingerprint density at radius 1 is 1.56 bits per heavy atom. The minimum atomic E-state index is -2.01.